The van der Waals surface area contributed by atoms with E-state index in [2.05, 4.69) is 15.8 Å². The Morgan fingerprint density at radius 2 is 2.07 bits per heavy atom. The Labute approximate surface area is 168 Å². The second kappa shape index (κ2) is 9.33. The summed E-state index contributed by atoms with van der Waals surface area (Å²) in [5.74, 6) is 0.841. The highest BCUT2D eigenvalue weighted by Crippen LogP contribution is 2.30. The van der Waals surface area contributed by atoms with Crippen molar-refractivity contribution in [3.05, 3.63) is 57.0 Å². The van der Waals surface area contributed by atoms with E-state index in [1.54, 1.807) is 19.2 Å². The maximum atomic E-state index is 12.5. The summed E-state index contributed by atoms with van der Waals surface area (Å²) in [6, 6.07) is 6.05. The Balaban J connectivity index is 1.75. The molecule has 1 aliphatic carbocycles. The summed E-state index contributed by atoms with van der Waals surface area (Å²) in [6.07, 6.45) is 3.11. The molecule has 0 saturated heterocycles. The zero-order valence-corrected chi connectivity index (χ0v) is 16.5. The SMILES string of the molecule is COCCCNC(=O)c1oc2c(c1C)/C(=N/Nc1ccc([N+](=O)[O-])cc1)CCC2. The van der Waals surface area contributed by atoms with Crippen molar-refractivity contribution in [1.29, 1.82) is 0 Å². The molecule has 0 unspecified atom stereocenters. The van der Waals surface area contributed by atoms with Gasteiger partial charge in [-0.15, -0.1) is 0 Å². The van der Waals surface area contributed by atoms with Crippen LogP contribution in [0, 0.1) is 17.0 Å². The number of ether oxygens (including phenoxy) is 1. The van der Waals surface area contributed by atoms with Crippen LogP contribution in [-0.2, 0) is 11.2 Å². The number of furan rings is 1. The number of carbonyl (C=O) groups is 1. The van der Waals surface area contributed by atoms with Gasteiger partial charge < -0.3 is 14.5 Å². The van der Waals surface area contributed by atoms with Gasteiger partial charge in [0.1, 0.15) is 5.76 Å². The topological polar surface area (TPSA) is 119 Å². The summed E-state index contributed by atoms with van der Waals surface area (Å²) in [7, 11) is 1.62. The number of hydrazone groups is 1. The number of carbonyl (C=O) groups excluding carboxylic acids is 1. The number of hydrogen-bond donors (Lipinski definition) is 2. The molecule has 0 atom stereocenters. The number of rotatable bonds is 8. The first kappa shape index (κ1) is 20.5. The smallest absolute Gasteiger partial charge is 0.287 e. The van der Waals surface area contributed by atoms with E-state index in [0.29, 0.717) is 24.6 Å². The third-order valence-corrected chi connectivity index (χ3v) is 4.74. The van der Waals surface area contributed by atoms with Gasteiger partial charge in [-0.1, -0.05) is 0 Å². The van der Waals surface area contributed by atoms with E-state index in [1.807, 2.05) is 6.92 Å². The number of nitro benzene ring substituents is 1. The number of nitro groups is 1. The van der Waals surface area contributed by atoms with Crippen LogP contribution in [0.1, 0.15) is 46.7 Å². The molecular weight excluding hydrogens is 376 g/mol. The molecule has 3 rings (SSSR count). The molecule has 1 aromatic heterocycles. The quantitative estimate of drug-likeness (QED) is 0.398. The van der Waals surface area contributed by atoms with Crippen LogP contribution in [0.5, 0.6) is 0 Å². The molecule has 9 heteroatoms. The Hall–Kier alpha value is -3.20. The van der Waals surface area contributed by atoms with Crippen LogP contribution in [0.3, 0.4) is 0 Å². The Kier molecular flexibility index (Phi) is 6.61. The Morgan fingerprint density at radius 1 is 1.31 bits per heavy atom. The maximum Gasteiger partial charge on any atom is 0.287 e. The fourth-order valence-electron chi connectivity index (χ4n) is 3.29. The van der Waals surface area contributed by atoms with E-state index >= 15 is 0 Å². The first-order valence-electron chi connectivity index (χ1n) is 9.48. The van der Waals surface area contributed by atoms with Crippen LogP contribution in [0.4, 0.5) is 11.4 Å². The average molecular weight is 400 g/mol. The third-order valence-electron chi connectivity index (χ3n) is 4.74. The van der Waals surface area contributed by atoms with Gasteiger partial charge in [0, 0.05) is 49.9 Å². The second-order valence-electron chi connectivity index (χ2n) is 6.78. The Morgan fingerprint density at radius 3 is 2.76 bits per heavy atom. The summed E-state index contributed by atoms with van der Waals surface area (Å²) in [5, 5.41) is 18.1. The molecule has 154 valence electrons. The number of nitrogens with one attached hydrogen (secondary N) is 2. The molecule has 2 N–H and O–H groups in total. The molecular formula is C20H24N4O5. The van der Waals surface area contributed by atoms with Gasteiger partial charge in [-0.3, -0.25) is 20.3 Å². The number of methoxy groups -OCH3 is 1. The van der Waals surface area contributed by atoms with E-state index < -0.39 is 4.92 Å². The van der Waals surface area contributed by atoms with E-state index in [9.17, 15) is 14.9 Å². The van der Waals surface area contributed by atoms with Crippen LogP contribution >= 0.6 is 0 Å². The van der Waals surface area contributed by atoms with Gasteiger partial charge in [0.05, 0.1) is 16.3 Å². The zero-order valence-electron chi connectivity index (χ0n) is 16.5. The number of non-ortho nitro benzene ring substituents is 1. The minimum absolute atomic E-state index is 0.0231. The number of hydrogen-bond acceptors (Lipinski definition) is 7. The largest absolute Gasteiger partial charge is 0.455 e. The van der Waals surface area contributed by atoms with Crippen molar-refractivity contribution in [2.75, 3.05) is 25.7 Å². The molecule has 9 nitrogen and oxygen atoms in total. The first-order chi connectivity index (χ1) is 14.0. The van der Waals surface area contributed by atoms with Gasteiger partial charge in [0.2, 0.25) is 0 Å². The van der Waals surface area contributed by atoms with Gasteiger partial charge in [0.25, 0.3) is 11.6 Å². The maximum absolute atomic E-state index is 12.5. The fraction of sp³-hybridized carbons (Fsp3) is 0.400. The van der Waals surface area contributed by atoms with Crippen molar-refractivity contribution < 1.29 is 18.9 Å². The first-order valence-corrected chi connectivity index (χ1v) is 9.48. The molecule has 0 spiro atoms. The summed E-state index contributed by atoms with van der Waals surface area (Å²) >= 11 is 0. The van der Waals surface area contributed by atoms with Crippen LogP contribution < -0.4 is 10.7 Å². The highest BCUT2D eigenvalue weighted by atomic mass is 16.6. The summed E-state index contributed by atoms with van der Waals surface area (Å²) in [6.45, 7) is 2.96. The molecule has 1 aromatic carbocycles. The number of nitrogens with zero attached hydrogens (tertiary/aromatic N) is 2. The van der Waals surface area contributed by atoms with Crippen LogP contribution in [0.2, 0.25) is 0 Å². The lowest BCUT2D eigenvalue weighted by molar-refractivity contribution is -0.384. The van der Waals surface area contributed by atoms with E-state index in [1.165, 1.54) is 12.1 Å². The molecule has 1 aliphatic rings. The van der Waals surface area contributed by atoms with Gasteiger partial charge in [-0.2, -0.15) is 5.10 Å². The van der Waals surface area contributed by atoms with Gasteiger partial charge in [-0.05, 0) is 38.3 Å². The number of benzene rings is 1. The van der Waals surface area contributed by atoms with Crippen molar-refractivity contribution >= 4 is 23.0 Å². The van der Waals surface area contributed by atoms with Gasteiger partial charge >= 0.3 is 0 Å². The lowest BCUT2D eigenvalue weighted by Crippen LogP contribution is -2.25. The minimum Gasteiger partial charge on any atom is -0.455 e. The molecule has 0 fully saturated rings. The summed E-state index contributed by atoms with van der Waals surface area (Å²) in [5.41, 5.74) is 6.06. The van der Waals surface area contributed by atoms with E-state index in [-0.39, 0.29) is 11.6 Å². The van der Waals surface area contributed by atoms with Crippen LogP contribution in [0.15, 0.2) is 33.8 Å². The molecule has 0 bridgehead atoms. The summed E-state index contributed by atoms with van der Waals surface area (Å²) < 4.78 is 10.8. The van der Waals surface area contributed by atoms with Crippen molar-refractivity contribution in [3.63, 3.8) is 0 Å². The van der Waals surface area contributed by atoms with E-state index in [4.69, 9.17) is 9.15 Å². The molecule has 2 aromatic rings. The van der Waals surface area contributed by atoms with Crippen molar-refractivity contribution in [3.8, 4) is 0 Å². The molecule has 0 aliphatic heterocycles. The highest BCUT2D eigenvalue weighted by molar-refractivity contribution is 6.06. The predicted molar refractivity (Wildman–Crippen MR) is 108 cm³/mol. The lowest BCUT2D eigenvalue weighted by atomic mass is 9.93. The van der Waals surface area contributed by atoms with Gasteiger partial charge in [0.15, 0.2) is 5.76 Å². The lowest BCUT2D eigenvalue weighted by Gasteiger charge is -2.13. The number of anilines is 1. The van der Waals surface area contributed by atoms with Crippen LogP contribution in [0.25, 0.3) is 0 Å². The normalized spacial score (nSPS) is 14.5. The van der Waals surface area contributed by atoms with Crippen molar-refractivity contribution in [2.45, 2.75) is 32.6 Å². The number of aryl methyl sites for hydroxylation is 1. The predicted octanol–water partition coefficient (Wildman–Crippen LogP) is 3.42. The number of amides is 1. The molecule has 29 heavy (non-hydrogen) atoms. The van der Waals surface area contributed by atoms with Crippen LogP contribution in [-0.4, -0.2) is 36.8 Å². The average Bonchev–Trinajstić information content (AvgIpc) is 3.07. The Bertz CT molecular complexity index is 918. The second-order valence-corrected chi connectivity index (χ2v) is 6.78. The van der Waals surface area contributed by atoms with Gasteiger partial charge in [-0.25, -0.2) is 0 Å². The van der Waals surface area contributed by atoms with Crippen molar-refractivity contribution in [1.82, 2.24) is 5.32 Å². The third kappa shape index (κ3) is 4.80. The monoisotopic (exact) mass is 400 g/mol. The zero-order chi connectivity index (χ0) is 20.8. The molecule has 0 saturated carbocycles. The summed E-state index contributed by atoms with van der Waals surface area (Å²) in [4.78, 5) is 22.8. The van der Waals surface area contributed by atoms with Crippen molar-refractivity contribution in [2.24, 2.45) is 5.10 Å². The molecule has 0 radical (unpaired) electrons. The molecule has 1 heterocycles. The highest BCUT2D eigenvalue weighted by Gasteiger charge is 2.27. The number of fused-ring (bicyclic) bond motifs is 1. The van der Waals surface area contributed by atoms with E-state index in [0.717, 1.165) is 48.3 Å². The minimum atomic E-state index is -0.445. The fourth-order valence-corrected chi connectivity index (χ4v) is 3.29. The molecule has 1 amide bonds. The standard InChI is InChI=1S/C20H24N4O5/c1-13-18-16(23-22-14-7-9-15(10-8-14)24(26)27)5-3-6-17(18)29-19(13)20(25)21-11-4-12-28-2/h7-10,22H,3-6,11-12H2,1-2H3,(H,21,25)/b23-16+.